The number of rotatable bonds is 4. The van der Waals surface area contributed by atoms with E-state index in [0.717, 1.165) is 44.5 Å². The third-order valence-electron chi connectivity index (χ3n) is 5.25. The second-order valence-corrected chi connectivity index (χ2v) is 7.02. The molecule has 2 atom stereocenters. The van der Waals surface area contributed by atoms with Crippen LogP contribution in [0.15, 0.2) is 30.3 Å². The SMILES string of the molecule is NCC1CCN(C(=O)C2CCCN(C(=O)Cc3ccccc3)C2)C1. The zero-order valence-corrected chi connectivity index (χ0v) is 14.2. The van der Waals surface area contributed by atoms with Crippen LogP contribution in [-0.4, -0.2) is 54.3 Å². The number of nitrogens with zero attached hydrogens (tertiary/aromatic N) is 2. The fourth-order valence-electron chi connectivity index (χ4n) is 3.77. The van der Waals surface area contributed by atoms with Crippen LogP contribution in [0.25, 0.3) is 0 Å². The fourth-order valence-corrected chi connectivity index (χ4v) is 3.77. The predicted molar refractivity (Wildman–Crippen MR) is 93.2 cm³/mol. The molecule has 3 rings (SSSR count). The Morgan fingerprint density at radius 2 is 1.83 bits per heavy atom. The number of nitrogens with two attached hydrogens (primary N) is 1. The molecule has 1 aromatic rings. The van der Waals surface area contributed by atoms with E-state index < -0.39 is 0 Å². The minimum atomic E-state index is -0.0463. The standard InChI is InChI=1S/C19H27N3O2/c20-12-16-8-10-22(13-16)19(24)17-7-4-9-21(14-17)18(23)11-15-5-2-1-3-6-15/h1-3,5-6,16-17H,4,7-14,20H2. The summed E-state index contributed by atoms with van der Waals surface area (Å²) in [6.45, 7) is 3.57. The molecule has 2 N–H and O–H groups in total. The van der Waals surface area contributed by atoms with Gasteiger partial charge in [-0.25, -0.2) is 0 Å². The highest BCUT2D eigenvalue weighted by Crippen LogP contribution is 2.23. The number of benzene rings is 1. The van der Waals surface area contributed by atoms with Gasteiger partial charge in [0.15, 0.2) is 0 Å². The molecule has 0 bridgehead atoms. The Hall–Kier alpha value is -1.88. The summed E-state index contributed by atoms with van der Waals surface area (Å²) in [5.41, 5.74) is 6.75. The van der Waals surface area contributed by atoms with Gasteiger partial charge in [-0.15, -0.1) is 0 Å². The fraction of sp³-hybridized carbons (Fsp3) is 0.579. The van der Waals surface area contributed by atoms with E-state index in [2.05, 4.69) is 0 Å². The second-order valence-electron chi connectivity index (χ2n) is 7.02. The maximum absolute atomic E-state index is 12.7. The molecule has 2 heterocycles. The molecule has 0 aromatic heterocycles. The van der Waals surface area contributed by atoms with Crippen molar-refractivity contribution in [3.8, 4) is 0 Å². The monoisotopic (exact) mass is 329 g/mol. The van der Waals surface area contributed by atoms with Gasteiger partial charge < -0.3 is 15.5 Å². The summed E-state index contributed by atoms with van der Waals surface area (Å²) in [6.07, 6.45) is 3.22. The third-order valence-corrected chi connectivity index (χ3v) is 5.25. The number of amides is 2. The number of hydrogen-bond acceptors (Lipinski definition) is 3. The highest BCUT2D eigenvalue weighted by atomic mass is 16.2. The molecule has 2 unspecified atom stereocenters. The summed E-state index contributed by atoms with van der Waals surface area (Å²) in [5.74, 6) is 0.728. The molecule has 1 aromatic carbocycles. The van der Waals surface area contributed by atoms with Gasteiger partial charge in [-0.2, -0.15) is 0 Å². The molecule has 2 amide bonds. The summed E-state index contributed by atoms with van der Waals surface area (Å²) in [4.78, 5) is 29.1. The van der Waals surface area contributed by atoms with Gasteiger partial charge in [-0.1, -0.05) is 30.3 Å². The van der Waals surface area contributed by atoms with Crippen LogP contribution in [0.3, 0.4) is 0 Å². The zero-order valence-electron chi connectivity index (χ0n) is 14.2. The van der Waals surface area contributed by atoms with Crippen molar-refractivity contribution in [2.24, 2.45) is 17.6 Å². The molecule has 2 aliphatic rings. The van der Waals surface area contributed by atoms with E-state index in [-0.39, 0.29) is 17.7 Å². The van der Waals surface area contributed by atoms with Crippen molar-refractivity contribution in [3.63, 3.8) is 0 Å². The van der Waals surface area contributed by atoms with E-state index in [1.807, 2.05) is 40.1 Å². The van der Waals surface area contributed by atoms with Crippen LogP contribution < -0.4 is 5.73 Å². The number of piperidine rings is 1. The van der Waals surface area contributed by atoms with Crippen molar-refractivity contribution < 1.29 is 9.59 Å². The van der Waals surface area contributed by atoms with Crippen molar-refractivity contribution in [1.82, 2.24) is 9.80 Å². The molecule has 2 saturated heterocycles. The van der Waals surface area contributed by atoms with Gasteiger partial charge in [0.25, 0.3) is 0 Å². The Kier molecular flexibility index (Phi) is 5.51. The molecule has 5 nitrogen and oxygen atoms in total. The molecule has 130 valence electrons. The summed E-state index contributed by atoms with van der Waals surface area (Å²) in [5, 5.41) is 0. The van der Waals surface area contributed by atoms with E-state index >= 15 is 0 Å². The molecule has 5 heteroatoms. The van der Waals surface area contributed by atoms with E-state index in [1.165, 1.54) is 0 Å². The van der Waals surface area contributed by atoms with Gasteiger partial charge in [0, 0.05) is 26.2 Å². The second kappa shape index (κ2) is 7.79. The van der Waals surface area contributed by atoms with Gasteiger partial charge in [0.2, 0.25) is 11.8 Å². The minimum absolute atomic E-state index is 0.0463. The Bertz CT molecular complexity index is 575. The van der Waals surface area contributed by atoms with Gasteiger partial charge in [0.05, 0.1) is 12.3 Å². The molecule has 0 radical (unpaired) electrons. The lowest BCUT2D eigenvalue weighted by molar-refractivity contribution is -0.140. The van der Waals surface area contributed by atoms with Crippen molar-refractivity contribution >= 4 is 11.8 Å². The largest absolute Gasteiger partial charge is 0.342 e. The molecule has 24 heavy (non-hydrogen) atoms. The van der Waals surface area contributed by atoms with Gasteiger partial charge in [0.1, 0.15) is 0 Å². The van der Waals surface area contributed by atoms with E-state index in [4.69, 9.17) is 5.73 Å². The van der Waals surface area contributed by atoms with Crippen molar-refractivity contribution in [3.05, 3.63) is 35.9 Å². The normalized spacial score (nSPS) is 24.2. The highest BCUT2D eigenvalue weighted by molar-refractivity contribution is 5.82. The smallest absolute Gasteiger partial charge is 0.227 e. The maximum Gasteiger partial charge on any atom is 0.227 e. The number of hydrogen-bond donors (Lipinski definition) is 1. The number of likely N-dealkylation sites (tertiary alicyclic amines) is 2. The molecule has 0 spiro atoms. The van der Waals surface area contributed by atoms with Gasteiger partial charge in [-0.3, -0.25) is 9.59 Å². The van der Waals surface area contributed by atoms with Crippen LogP contribution in [0, 0.1) is 11.8 Å². The topological polar surface area (TPSA) is 66.6 Å². The van der Waals surface area contributed by atoms with Crippen molar-refractivity contribution in [2.75, 3.05) is 32.7 Å². The Balaban J connectivity index is 1.56. The molecule has 2 aliphatic heterocycles. The summed E-state index contributed by atoms with van der Waals surface area (Å²) < 4.78 is 0. The van der Waals surface area contributed by atoms with Crippen LogP contribution in [0.4, 0.5) is 0 Å². The average Bonchev–Trinajstić information content (AvgIpc) is 3.11. The average molecular weight is 329 g/mol. The van der Waals surface area contributed by atoms with Gasteiger partial charge >= 0.3 is 0 Å². The first kappa shape index (κ1) is 17.0. The van der Waals surface area contributed by atoms with E-state index in [0.29, 0.717) is 25.4 Å². The van der Waals surface area contributed by atoms with Crippen LogP contribution in [0.1, 0.15) is 24.8 Å². The van der Waals surface area contributed by atoms with Crippen LogP contribution in [0.2, 0.25) is 0 Å². The van der Waals surface area contributed by atoms with Crippen LogP contribution in [0.5, 0.6) is 0 Å². The lowest BCUT2D eigenvalue weighted by atomic mass is 9.96. The van der Waals surface area contributed by atoms with E-state index in [9.17, 15) is 9.59 Å². The third kappa shape index (κ3) is 3.96. The van der Waals surface area contributed by atoms with E-state index in [1.54, 1.807) is 0 Å². The lowest BCUT2D eigenvalue weighted by Crippen LogP contribution is -2.46. The van der Waals surface area contributed by atoms with Crippen LogP contribution >= 0.6 is 0 Å². The Morgan fingerprint density at radius 3 is 2.54 bits per heavy atom. The Labute approximate surface area is 143 Å². The predicted octanol–water partition coefficient (Wildman–Crippen LogP) is 1.27. The summed E-state index contributed by atoms with van der Waals surface area (Å²) in [6, 6.07) is 9.80. The summed E-state index contributed by atoms with van der Waals surface area (Å²) >= 11 is 0. The lowest BCUT2D eigenvalue weighted by Gasteiger charge is -2.34. The first-order chi connectivity index (χ1) is 11.7. The summed E-state index contributed by atoms with van der Waals surface area (Å²) in [7, 11) is 0. The van der Waals surface area contributed by atoms with Gasteiger partial charge in [-0.05, 0) is 37.3 Å². The molecule has 2 fully saturated rings. The van der Waals surface area contributed by atoms with Crippen molar-refractivity contribution in [1.29, 1.82) is 0 Å². The molecular weight excluding hydrogens is 302 g/mol. The Morgan fingerprint density at radius 1 is 1.04 bits per heavy atom. The number of carbonyl (C=O) groups is 2. The number of carbonyl (C=O) groups excluding carboxylic acids is 2. The van der Waals surface area contributed by atoms with Crippen LogP contribution in [-0.2, 0) is 16.0 Å². The molecular formula is C19H27N3O2. The first-order valence-electron chi connectivity index (χ1n) is 8.98. The van der Waals surface area contributed by atoms with Crippen molar-refractivity contribution in [2.45, 2.75) is 25.7 Å². The minimum Gasteiger partial charge on any atom is -0.342 e. The maximum atomic E-state index is 12.7. The quantitative estimate of drug-likeness (QED) is 0.905. The molecule has 0 aliphatic carbocycles. The first-order valence-corrected chi connectivity index (χ1v) is 8.98. The highest BCUT2D eigenvalue weighted by Gasteiger charge is 2.34. The zero-order chi connectivity index (χ0) is 16.9. The molecule has 0 saturated carbocycles.